The van der Waals surface area contributed by atoms with Crippen molar-refractivity contribution in [2.45, 2.75) is 25.9 Å². The van der Waals surface area contributed by atoms with E-state index in [0.29, 0.717) is 11.3 Å². The predicted octanol–water partition coefficient (Wildman–Crippen LogP) is 0.647. The molecule has 0 saturated carbocycles. The van der Waals surface area contributed by atoms with E-state index in [2.05, 4.69) is 10.3 Å². The summed E-state index contributed by atoms with van der Waals surface area (Å²) in [6.45, 7) is 3.34. The van der Waals surface area contributed by atoms with Gasteiger partial charge in [-0.25, -0.2) is 4.98 Å². The molecule has 0 aliphatic heterocycles. The molecule has 19 heavy (non-hydrogen) atoms. The van der Waals surface area contributed by atoms with Crippen molar-refractivity contribution in [2.75, 3.05) is 0 Å². The van der Waals surface area contributed by atoms with Crippen LogP contribution in [0.1, 0.15) is 19.5 Å². The predicted molar refractivity (Wildman–Crippen MR) is 70.0 cm³/mol. The Morgan fingerprint density at radius 1 is 1.47 bits per heavy atom. The van der Waals surface area contributed by atoms with Gasteiger partial charge in [-0.05, 0) is 26.0 Å². The zero-order valence-electron chi connectivity index (χ0n) is 10.8. The zero-order chi connectivity index (χ0) is 14.0. The Morgan fingerprint density at radius 3 is 2.89 bits per heavy atom. The molecule has 2 aromatic rings. The molecule has 0 amide bonds. The van der Waals surface area contributed by atoms with Crippen molar-refractivity contribution in [3.8, 4) is 0 Å². The molecule has 0 atom stereocenters. The van der Waals surface area contributed by atoms with E-state index in [0.717, 1.165) is 0 Å². The van der Waals surface area contributed by atoms with Crippen LogP contribution in [0, 0.1) is 0 Å². The number of hydrogen-bond acceptors (Lipinski definition) is 4. The molecule has 2 aromatic heterocycles. The van der Waals surface area contributed by atoms with Gasteiger partial charge in [-0.15, -0.1) is 0 Å². The van der Waals surface area contributed by atoms with E-state index in [9.17, 15) is 9.59 Å². The Balaban J connectivity index is 2.27. The van der Waals surface area contributed by atoms with E-state index >= 15 is 0 Å². The molecule has 0 aliphatic rings. The summed E-state index contributed by atoms with van der Waals surface area (Å²) in [6, 6.07) is 6.67. The molecule has 0 fully saturated rings. The molecule has 100 valence electrons. The molecule has 6 nitrogen and oxygen atoms in total. The topological polar surface area (TPSA) is 83.7 Å². The third-order valence-electron chi connectivity index (χ3n) is 2.87. The van der Waals surface area contributed by atoms with Crippen LogP contribution in [-0.2, 0) is 11.3 Å². The molecule has 0 unspecified atom stereocenters. The molecular weight excluding hydrogens is 246 g/mol. The highest BCUT2D eigenvalue weighted by atomic mass is 16.4. The highest BCUT2D eigenvalue weighted by Crippen LogP contribution is 2.04. The van der Waals surface area contributed by atoms with Crippen LogP contribution in [0.3, 0.4) is 0 Å². The standard InChI is InChI=1S/C13H15N3O3/c1-13(2,12(18)19)14-8-9-7-11(17)16-6-4-3-5-10(16)15-9/h3-7,14H,8H2,1-2H3,(H,18,19). The molecule has 0 spiro atoms. The maximum Gasteiger partial charge on any atom is 0.323 e. The van der Waals surface area contributed by atoms with Gasteiger partial charge in [0.2, 0.25) is 0 Å². The minimum absolute atomic E-state index is 0.185. The summed E-state index contributed by atoms with van der Waals surface area (Å²) in [5.74, 6) is -0.954. The van der Waals surface area contributed by atoms with E-state index in [-0.39, 0.29) is 12.1 Å². The van der Waals surface area contributed by atoms with E-state index in [1.54, 1.807) is 38.2 Å². The van der Waals surface area contributed by atoms with Crippen molar-refractivity contribution >= 4 is 11.6 Å². The van der Waals surface area contributed by atoms with Crippen molar-refractivity contribution in [1.82, 2.24) is 14.7 Å². The van der Waals surface area contributed by atoms with Gasteiger partial charge in [0.05, 0.1) is 5.69 Å². The summed E-state index contributed by atoms with van der Waals surface area (Å²) in [4.78, 5) is 27.1. The number of nitrogens with zero attached hydrogens (tertiary/aromatic N) is 2. The molecule has 0 saturated heterocycles. The van der Waals surface area contributed by atoms with Gasteiger partial charge >= 0.3 is 5.97 Å². The monoisotopic (exact) mass is 261 g/mol. The number of carbonyl (C=O) groups is 1. The zero-order valence-corrected chi connectivity index (χ0v) is 10.8. The van der Waals surface area contributed by atoms with Gasteiger partial charge in [0, 0.05) is 18.8 Å². The Bertz CT molecular complexity index is 676. The third kappa shape index (κ3) is 2.79. The van der Waals surface area contributed by atoms with Gasteiger partial charge < -0.3 is 5.11 Å². The maximum absolute atomic E-state index is 11.8. The molecule has 2 heterocycles. The lowest BCUT2D eigenvalue weighted by Gasteiger charge is -2.20. The van der Waals surface area contributed by atoms with Gasteiger partial charge in [0.25, 0.3) is 5.56 Å². The fraction of sp³-hybridized carbons (Fsp3) is 0.308. The lowest BCUT2D eigenvalue weighted by molar-refractivity contribution is -0.143. The first-order chi connectivity index (χ1) is 8.90. The third-order valence-corrected chi connectivity index (χ3v) is 2.87. The summed E-state index contributed by atoms with van der Waals surface area (Å²) in [5.41, 5.74) is -0.190. The van der Waals surface area contributed by atoms with Crippen LogP contribution in [0.5, 0.6) is 0 Å². The van der Waals surface area contributed by atoms with Gasteiger partial charge in [-0.2, -0.15) is 0 Å². The Kier molecular flexibility index (Phi) is 3.35. The lowest BCUT2D eigenvalue weighted by Crippen LogP contribution is -2.46. The van der Waals surface area contributed by atoms with Crippen LogP contribution in [0.25, 0.3) is 5.65 Å². The van der Waals surface area contributed by atoms with Crippen LogP contribution in [-0.4, -0.2) is 26.0 Å². The van der Waals surface area contributed by atoms with Gasteiger partial charge in [0.15, 0.2) is 0 Å². The molecular formula is C13H15N3O3. The first-order valence-electron chi connectivity index (χ1n) is 5.86. The van der Waals surface area contributed by atoms with E-state index < -0.39 is 11.5 Å². The molecule has 2 N–H and O–H groups in total. The highest BCUT2D eigenvalue weighted by molar-refractivity contribution is 5.77. The molecule has 0 aliphatic carbocycles. The Morgan fingerprint density at radius 2 is 2.21 bits per heavy atom. The second-order valence-corrected chi connectivity index (χ2v) is 4.80. The smallest absolute Gasteiger partial charge is 0.323 e. The van der Waals surface area contributed by atoms with E-state index in [4.69, 9.17) is 5.11 Å². The van der Waals surface area contributed by atoms with E-state index in [1.165, 1.54) is 10.5 Å². The van der Waals surface area contributed by atoms with Crippen LogP contribution >= 0.6 is 0 Å². The van der Waals surface area contributed by atoms with Crippen molar-refractivity contribution in [2.24, 2.45) is 0 Å². The van der Waals surface area contributed by atoms with Gasteiger partial charge in [-0.3, -0.25) is 19.3 Å². The van der Waals surface area contributed by atoms with Gasteiger partial charge in [-0.1, -0.05) is 6.07 Å². The van der Waals surface area contributed by atoms with Crippen molar-refractivity contribution < 1.29 is 9.90 Å². The minimum Gasteiger partial charge on any atom is -0.480 e. The average molecular weight is 261 g/mol. The normalized spacial score (nSPS) is 11.7. The highest BCUT2D eigenvalue weighted by Gasteiger charge is 2.26. The van der Waals surface area contributed by atoms with Crippen LogP contribution in [0.15, 0.2) is 35.3 Å². The number of fused-ring (bicyclic) bond motifs is 1. The summed E-state index contributed by atoms with van der Waals surface area (Å²) in [6.07, 6.45) is 1.64. The second kappa shape index (κ2) is 4.81. The quantitative estimate of drug-likeness (QED) is 0.844. The van der Waals surface area contributed by atoms with Crippen LogP contribution < -0.4 is 10.9 Å². The first-order valence-corrected chi connectivity index (χ1v) is 5.86. The summed E-state index contributed by atoms with van der Waals surface area (Å²) < 4.78 is 1.44. The molecule has 6 heteroatoms. The van der Waals surface area contributed by atoms with E-state index in [1.807, 2.05) is 0 Å². The molecule has 0 bridgehead atoms. The van der Waals surface area contributed by atoms with Crippen molar-refractivity contribution in [3.05, 3.63) is 46.5 Å². The number of hydrogen-bond donors (Lipinski definition) is 2. The van der Waals surface area contributed by atoms with Gasteiger partial charge in [0.1, 0.15) is 11.2 Å². The summed E-state index contributed by atoms with van der Waals surface area (Å²) in [7, 11) is 0. The number of aromatic nitrogens is 2. The number of aliphatic carboxylic acids is 1. The molecule has 0 aromatic carbocycles. The Labute approximate surface area is 109 Å². The largest absolute Gasteiger partial charge is 0.480 e. The van der Waals surface area contributed by atoms with Crippen molar-refractivity contribution in [3.63, 3.8) is 0 Å². The number of rotatable bonds is 4. The SMILES string of the molecule is CC(C)(NCc1cc(=O)n2ccccc2n1)C(=O)O. The average Bonchev–Trinajstić information content (AvgIpc) is 2.36. The second-order valence-electron chi connectivity index (χ2n) is 4.80. The van der Waals surface area contributed by atoms with Crippen molar-refractivity contribution in [1.29, 1.82) is 0 Å². The molecule has 0 radical (unpaired) electrons. The number of carboxylic acids is 1. The number of pyridine rings is 1. The summed E-state index contributed by atoms with van der Waals surface area (Å²) >= 11 is 0. The Hall–Kier alpha value is -2.21. The van der Waals surface area contributed by atoms with Crippen LogP contribution in [0.2, 0.25) is 0 Å². The number of carboxylic acid groups (broad SMARTS) is 1. The minimum atomic E-state index is -1.07. The lowest BCUT2D eigenvalue weighted by atomic mass is 10.1. The maximum atomic E-state index is 11.8. The fourth-order valence-electron chi connectivity index (χ4n) is 1.58. The number of nitrogens with one attached hydrogen (secondary N) is 1. The fourth-order valence-corrected chi connectivity index (χ4v) is 1.58. The first kappa shape index (κ1) is 13.2. The summed E-state index contributed by atoms with van der Waals surface area (Å²) in [5, 5.41) is 11.9. The molecule has 2 rings (SSSR count). The van der Waals surface area contributed by atoms with Crippen LogP contribution in [0.4, 0.5) is 0 Å².